The highest BCUT2D eigenvalue weighted by atomic mass is 15.0. The van der Waals surface area contributed by atoms with E-state index >= 15 is 0 Å². The molecule has 0 aliphatic rings. The number of nitrogens with one attached hydrogen (secondary N) is 1. The molecule has 0 bridgehead atoms. The van der Waals surface area contributed by atoms with Crippen LogP contribution in [0, 0.1) is 0 Å². The van der Waals surface area contributed by atoms with Crippen molar-refractivity contribution in [3.05, 3.63) is 36.5 Å². The Morgan fingerprint density at radius 3 is 2.65 bits per heavy atom. The van der Waals surface area contributed by atoms with Crippen LogP contribution in [0.1, 0.15) is 12.6 Å². The van der Waals surface area contributed by atoms with Crippen molar-refractivity contribution >= 4 is 23.8 Å². The van der Waals surface area contributed by atoms with E-state index in [2.05, 4.69) is 28.3 Å². The van der Waals surface area contributed by atoms with Gasteiger partial charge in [0.15, 0.2) is 5.82 Å². The SMILES string of the molecule is C=Nc1nc(-c2ccccc2N)[nH]c1C(=C)C. The van der Waals surface area contributed by atoms with Gasteiger partial charge in [0.05, 0.1) is 5.69 Å². The molecule has 0 spiro atoms. The van der Waals surface area contributed by atoms with Gasteiger partial charge in [-0.3, -0.25) is 0 Å². The van der Waals surface area contributed by atoms with E-state index in [1.807, 2.05) is 31.2 Å². The highest BCUT2D eigenvalue weighted by Crippen LogP contribution is 2.29. The van der Waals surface area contributed by atoms with Crippen LogP contribution in [0.2, 0.25) is 0 Å². The van der Waals surface area contributed by atoms with Crippen molar-refractivity contribution < 1.29 is 0 Å². The van der Waals surface area contributed by atoms with Crippen LogP contribution in [-0.2, 0) is 0 Å². The zero-order valence-corrected chi connectivity index (χ0v) is 9.70. The molecular weight excluding hydrogens is 212 g/mol. The number of aliphatic imine (C=N–C) groups is 1. The first-order chi connectivity index (χ1) is 8.13. The Balaban J connectivity index is 2.58. The first-order valence-corrected chi connectivity index (χ1v) is 5.21. The Morgan fingerprint density at radius 2 is 2.12 bits per heavy atom. The van der Waals surface area contributed by atoms with Crippen molar-refractivity contribution in [2.24, 2.45) is 4.99 Å². The summed E-state index contributed by atoms with van der Waals surface area (Å²) >= 11 is 0. The maximum absolute atomic E-state index is 5.90. The summed E-state index contributed by atoms with van der Waals surface area (Å²) in [5, 5.41) is 0. The molecule has 0 saturated heterocycles. The van der Waals surface area contributed by atoms with Gasteiger partial charge in [-0.05, 0) is 31.3 Å². The number of H-pyrrole nitrogens is 1. The molecule has 0 aliphatic heterocycles. The van der Waals surface area contributed by atoms with Crippen LogP contribution in [0.5, 0.6) is 0 Å². The Labute approximate surface area is 99.9 Å². The van der Waals surface area contributed by atoms with E-state index in [-0.39, 0.29) is 0 Å². The van der Waals surface area contributed by atoms with Gasteiger partial charge in [0, 0.05) is 11.3 Å². The van der Waals surface area contributed by atoms with Gasteiger partial charge in [-0.25, -0.2) is 9.98 Å². The van der Waals surface area contributed by atoms with Gasteiger partial charge in [-0.1, -0.05) is 18.7 Å². The van der Waals surface area contributed by atoms with Gasteiger partial charge >= 0.3 is 0 Å². The molecule has 0 amide bonds. The van der Waals surface area contributed by atoms with Crippen molar-refractivity contribution in [3.8, 4) is 11.4 Å². The van der Waals surface area contributed by atoms with Gasteiger partial charge in [0.1, 0.15) is 5.82 Å². The molecule has 4 heteroatoms. The van der Waals surface area contributed by atoms with E-state index in [4.69, 9.17) is 5.73 Å². The molecule has 3 N–H and O–H groups in total. The lowest BCUT2D eigenvalue weighted by Crippen LogP contribution is -1.90. The second-order valence-electron chi connectivity index (χ2n) is 3.81. The fraction of sp³-hybridized carbons (Fsp3) is 0.0769. The number of aromatic nitrogens is 2. The molecule has 0 aliphatic carbocycles. The molecule has 86 valence electrons. The quantitative estimate of drug-likeness (QED) is 0.624. The summed E-state index contributed by atoms with van der Waals surface area (Å²) in [4.78, 5) is 11.4. The topological polar surface area (TPSA) is 67.1 Å². The van der Waals surface area contributed by atoms with E-state index in [9.17, 15) is 0 Å². The van der Waals surface area contributed by atoms with Crippen molar-refractivity contribution in [3.63, 3.8) is 0 Å². The third kappa shape index (κ3) is 1.97. The lowest BCUT2D eigenvalue weighted by atomic mass is 10.2. The number of rotatable bonds is 3. The Morgan fingerprint density at radius 1 is 1.41 bits per heavy atom. The van der Waals surface area contributed by atoms with Crippen LogP contribution in [0.15, 0.2) is 35.8 Å². The van der Waals surface area contributed by atoms with Gasteiger partial charge < -0.3 is 10.7 Å². The summed E-state index contributed by atoms with van der Waals surface area (Å²) in [6.07, 6.45) is 0. The van der Waals surface area contributed by atoms with E-state index < -0.39 is 0 Å². The number of allylic oxidation sites excluding steroid dienone is 1. The molecule has 0 unspecified atom stereocenters. The molecule has 1 aromatic carbocycles. The number of nitrogens with zero attached hydrogens (tertiary/aromatic N) is 2. The predicted molar refractivity (Wildman–Crippen MR) is 72.4 cm³/mol. The molecule has 1 aromatic heterocycles. The number of nitrogens with two attached hydrogens (primary N) is 1. The number of hydrogen-bond acceptors (Lipinski definition) is 3. The summed E-state index contributed by atoms with van der Waals surface area (Å²) < 4.78 is 0. The Kier molecular flexibility index (Phi) is 2.78. The largest absolute Gasteiger partial charge is 0.398 e. The van der Waals surface area contributed by atoms with E-state index in [0.29, 0.717) is 17.3 Å². The van der Waals surface area contributed by atoms with Crippen LogP contribution in [0.25, 0.3) is 17.0 Å². The third-order valence-corrected chi connectivity index (χ3v) is 2.48. The maximum Gasteiger partial charge on any atom is 0.177 e. The molecule has 0 saturated carbocycles. The highest BCUT2D eigenvalue weighted by molar-refractivity contribution is 5.76. The highest BCUT2D eigenvalue weighted by Gasteiger charge is 2.12. The molecule has 0 atom stereocenters. The van der Waals surface area contributed by atoms with E-state index in [1.54, 1.807) is 0 Å². The van der Waals surface area contributed by atoms with Gasteiger partial charge in [0.25, 0.3) is 0 Å². The summed E-state index contributed by atoms with van der Waals surface area (Å²) in [6, 6.07) is 7.53. The second kappa shape index (κ2) is 4.25. The van der Waals surface area contributed by atoms with Crippen LogP contribution >= 0.6 is 0 Å². The summed E-state index contributed by atoms with van der Waals surface area (Å²) in [5.74, 6) is 1.24. The molecule has 2 aromatic rings. The lowest BCUT2D eigenvalue weighted by Gasteiger charge is -2.00. The number of imidazole rings is 1. The van der Waals surface area contributed by atoms with Gasteiger partial charge in [-0.2, -0.15) is 0 Å². The summed E-state index contributed by atoms with van der Waals surface area (Å²) in [6.45, 7) is 9.26. The minimum atomic E-state index is 0.552. The zero-order chi connectivity index (χ0) is 12.4. The number of benzene rings is 1. The predicted octanol–water partition coefficient (Wildman–Crippen LogP) is 3.02. The fourth-order valence-corrected chi connectivity index (χ4v) is 1.62. The molecular formula is C13H14N4. The van der Waals surface area contributed by atoms with Crippen LogP contribution in [-0.4, -0.2) is 16.7 Å². The van der Waals surface area contributed by atoms with Crippen molar-refractivity contribution in [1.29, 1.82) is 0 Å². The second-order valence-corrected chi connectivity index (χ2v) is 3.81. The first-order valence-electron chi connectivity index (χ1n) is 5.21. The number of hydrogen-bond donors (Lipinski definition) is 2. The molecule has 4 nitrogen and oxygen atoms in total. The third-order valence-electron chi connectivity index (χ3n) is 2.48. The van der Waals surface area contributed by atoms with Gasteiger partial charge in [-0.15, -0.1) is 0 Å². The van der Waals surface area contributed by atoms with Crippen molar-refractivity contribution in [1.82, 2.24) is 9.97 Å². The average Bonchev–Trinajstić information content (AvgIpc) is 2.73. The monoisotopic (exact) mass is 226 g/mol. The minimum Gasteiger partial charge on any atom is -0.398 e. The fourth-order valence-electron chi connectivity index (χ4n) is 1.62. The summed E-state index contributed by atoms with van der Waals surface area (Å²) in [7, 11) is 0. The first kappa shape index (κ1) is 11.1. The zero-order valence-electron chi connectivity index (χ0n) is 9.70. The number of anilines is 1. The van der Waals surface area contributed by atoms with Crippen molar-refractivity contribution in [2.75, 3.05) is 5.73 Å². The normalized spacial score (nSPS) is 10.2. The van der Waals surface area contributed by atoms with Crippen LogP contribution in [0.3, 0.4) is 0 Å². The van der Waals surface area contributed by atoms with Gasteiger partial charge in [0.2, 0.25) is 0 Å². The van der Waals surface area contributed by atoms with E-state index in [1.165, 1.54) is 0 Å². The molecule has 1 heterocycles. The molecule has 0 fully saturated rings. The lowest BCUT2D eigenvalue weighted by molar-refractivity contribution is 1.29. The van der Waals surface area contributed by atoms with Crippen LogP contribution in [0.4, 0.5) is 11.5 Å². The molecule has 17 heavy (non-hydrogen) atoms. The number of aromatic amines is 1. The average molecular weight is 226 g/mol. The van der Waals surface area contributed by atoms with Crippen LogP contribution < -0.4 is 5.73 Å². The molecule has 0 radical (unpaired) electrons. The minimum absolute atomic E-state index is 0.552. The maximum atomic E-state index is 5.90. The number of nitrogen functional groups attached to an aromatic ring is 1. The Hall–Kier alpha value is -2.36. The number of para-hydroxylation sites is 1. The molecule has 2 rings (SSSR count). The summed E-state index contributed by atoms with van der Waals surface area (Å²) in [5.41, 5.74) is 9.08. The smallest absolute Gasteiger partial charge is 0.177 e. The van der Waals surface area contributed by atoms with E-state index in [0.717, 1.165) is 16.8 Å². The Bertz CT molecular complexity index is 581. The van der Waals surface area contributed by atoms with Crippen molar-refractivity contribution in [2.45, 2.75) is 6.92 Å². The standard InChI is InChI=1S/C13H14N4/c1-8(2)11-13(15-3)17-12(16-11)9-6-4-5-7-10(9)14/h4-7H,1,3,14H2,2H3,(H,16,17).